The molecule has 0 spiro atoms. The molecule has 0 aromatic carbocycles. The molecule has 0 aromatic heterocycles. The molecule has 2 N–H and O–H groups in total. The van der Waals surface area contributed by atoms with Crippen molar-refractivity contribution in [3.8, 4) is 0 Å². The number of hydrogen-bond acceptors (Lipinski definition) is 3. The molecule has 0 bridgehead atoms. The monoisotopic (exact) mass is 181 g/mol. The second-order valence-electron chi connectivity index (χ2n) is 4.70. The molecule has 74 valence electrons. The molecule has 13 heavy (non-hydrogen) atoms. The summed E-state index contributed by atoms with van der Waals surface area (Å²) in [7, 11) is 0. The van der Waals surface area contributed by atoms with Crippen LogP contribution in [0.5, 0.6) is 0 Å². The van der Waals surface area contributed by atoms with E-state index in [1.54, 1.807) is 0 Å². The Morgan fingerprint density at radius 3 is 2.38 bits per heavy atom. The number of piperazine rings is 1. The molecule has 0 radical (unpaired) electrons. The Labute approximate surface area is 79.9 Å². The molecule has 1 aliphatic carbocycles. The van der Waals surface area contributed by atoms with Crippen LogP contribution in [0.3, 0.4) is 0 Å². The predicted molar refractivity (Wildman–Crippen MR) is 52.6 cm³/mol. The summed E-state index contributed by atoms with van der Waals surface area (Å²) >= 11 is 0. The van der Waals surface area contributed by atoms with Gasteiger partial charge in [-0.1, -0.05) is 0 Å². The van der Waals surface area contributed by atoms with Gasteiger partial charge in [0.15, 0.2) is 0 Å². The van der Waals surface area contributed by atoms with E-state index in [0.717, 1.165) is 17.8 Å². The Morgan fingerprint density at radius 1 is 1.00 bits per heavy atom. The fourth-order valence-electron chi connectivity index (χ4n) is 3.01. The number of hydrogen-bond donors (Lipinski definition) is 2. The van der Waals surface area contributed by atoms with Crippen molar-refractivity contribution in [3.63, 3.8) is 0 Å². The molecule has 0 amide bonds. The van der Waals surface area contributed by atoms with Crippen LogP contribution >= 0.6 is 0 Å². The molecule has 3 rings (SSSR count). The lowest BCUT2D eigenvalue weighted by atomic mass is 10.2. The summed E-state index contributed by atoms with van der Waals surface area (Å²) in [6.45, 7) is 8.88. The average molecular weight is 181 g/mol. The summed E-state index contributed by atoms with van der Waals surface area (Å²) in [5, 5.41) is 6.86. The van der Waals surface area contributed by atoms with Gasteiger partial charge in [-0.2, -0.15) is 0 Å². The molecule has 3 aliphatic rings. The molecule has 3 fully saturated rings. The lowest BCUT2D eigenvalue weighted by Crippen LogP contribution is -2.44. The van der Waals surface area contributed by atoms with Crippen LogP contribution in [0.1, 0.15) is 0 Å². The van der Waals surface area contributed by atoms with E-state index >= 15 is 0 Å². The lowest BCUT2D eigenvalue weighted by Gasteiger charge is -2.27. The largest absolute Gasteiger partial charge is 0.316 e. The van der Waals surface area contributed by atoms with Crippen molar-refractivity contribution in [2.75, 3.05) is 45.8 Å². The van der Waals surface area contributed by atoms with Crippen LogP contribution in [-0.2, 0) is 0 Å². The Hall–Kier alpha value is -0.120. The van der Waals surface area contributed by atoms with Gasteiger partial charge in [0.1, 0.15) is 0 Å². The minimum atomic E-state index is 1.04. The zero-order valence-electron chi connectivity index (χ0n) is 8.13. The molecule has 2 saturated heterocycles. The Balaban J connectivity index is 1.47. The molecule has 3 atom stereocenters. The van der Waals surface area contributed by atoms with E-state index in [1.807, 2.05) is 0 Å². The second-order valence-corrected chi connectivity index (χ2v) is 4.70. The highest BCUT2D eigenvalue weighted by Gasteiger charge is 2.52. The molecular weight excluding hydrogens is 162 g/mol. The van der Waals surface area contributed by atoms with E-state index in [1.165, 1.54) is 45.8 Å². The van der Waals surface area contributed by atoms with Crippen LogP contribution in [0, 0.1) is 17.8 Å². The minimum absolute atomic E-state index is 1.04. The van der Waals surface area contributed by atoms with Crippen molar-refractivity contribution in [2.45, 2.75) is 0 Å². The summed E-state index contributed by atoms with van der Waals surface area (Å²) in [4.78, 5) is 2.64. The van der Waals surface area contributed by atoms with Crippen molar-refractivity contribution in [3.05, 3.63) is 0 Å². The Bertz CT molecular complexity index is 179. The molecule has 3 heteroatoms. The van der Waals surface area contributed by atoms with E-state index in [0.29, 0.717) is 0 Å². The van der Waals surface area contributed by atoms with Gasteiger partial charge in [0, 0.05) is 32.7 Å². The van der Waals surface area contributed by atoms with Gasteiger partial charge in [-0.05, 0) is 30.8 Å². The van der Waals surface area contributed by atoms with Crippen molar-refractivity contribution in [1.29, 1.82) is 0 Å². The summed E-state index contributed by atoms with van der Waals surface area (Å²) in [5.41, 5.74) is 0. The lowest BCUT2D eigenvalue weighted by molar-refractivity contribution is 0.223. The highest BCUT2D eigenvalue weighted by molar-refractivity contribution is 5.04. The zero-order valence-corrected chi connectivity index (χ0v) is 8.13. The van der Waals surface area contributed by atoms with E-state index < -0.39 is 0 Å². The van der Waals surface area contributed by atoms with Gasteiger partial charge in [-0.25, -0.2) is 0 Å². The SMILES string of the molecule is C1CN(C[C@H]2[C@@H]3CNC[C@@H]32)CCN1. The van der Waals surface area contributed by atoms with Crippen LogP contribution in [0.15, 0.2) is 0 Å². The smallest absolute Gasteiger partial charge is 0.0107 e. The van der Waals surface area contributed by atoms with Crippen LogP contribution < -0.4 is 10.6 Å². The number of nitrogens with zero attached hydrogens (tertiary/aromatic N) is 1. The van der Waals surface area contributed by atoms with E-state index in [-0.39, 0.29) is 0 Å². The first-order valence-corrected chi connectivity index (χ1v) is 5.59. The van der Waals surface area contributed by atoms with Gasteiger partial charge in [0.2, 0.25) is 0 Å². The number of nitrogens with one attached hydrogen (secondary N) is 2. The summed E-state index contributed by atoms with van der Waals surface area (Å²) in [6.07, 6.45) is 0. The second kappa shape index (κ2) is 3.23. The summed E-state index contributed by atoms with van der Waals surface area (Å²) < 4.78 is 0. The first-order chi connectivity index (χ1) is 6.45. The maximum atomic E-state index is 3.46. The normalized spacial score (nSPS) is 44.8. The third-order valence-electron chi connectivity index (χ3n) is 3.95. The van der Waals surface area contributed by atoms with Gasteiger partial charge < -0.3 is 15.5 Å². The number of piperidine rings is 1. The van der Waals surface area contributed by atoms with Crippen LogP contribution in [0.2, 0.25) is 0 Å². The summed E-state index contributed by atoms with van der Waals surface area (Å²) in [5.74, 6) is 3.11. The number of fused-ring (bicyclic) bond motifs is 1. The quantitative estimate of drug-likeness (QED) is 0.593. The third-order valence-corrected chi connectivity index (χ3v) is 3.95. The minimum Gasteiger partial charge on any atom is -0.316 e. The van der Waals surface area contributed by atoms with Crippen LogP contribution in [0.25, 0.3) is 0 Å². The Kier molecular flexibility index (Phi) is 2.04. The maximum Gasteiger partial charge on any atom is 0.0107 e. The van der Waals surface area contributed by atoms with Gasteiger partial charge in [-0.15, -0.1) is 0 Å². The molecule has 1 saturated carbocycles. The predicted octanol–water partition coefficient (Wildman–Crippen LogP) is -0.643. The molecular formula is C10H19N3. The Morgan fingerprint density at radius 2 is 1.69 bits per heavy atom. The van der Waals surface area contributed by atoms with Gasteiger partial charge in [0.25, 0.3) is 0 Å². The third kappa shape index (κ3) is 1.49. The van der Waals surface area contributed by atoms with Crippen molar-refractivity contribution in [2.24, 2.45) is 17.8 Å². The average Bonchev–Trinajstić information content (AvgIpc) is 2.65. The molecule has 2 aliphatic heterocycles. The number of rotatable bonds is 2. The first kappa shape index (κ1) is 8.21. The fraction of sp³-hybridized carbons (Fsp3) is 1.00. The highest BCUT2D eigenvalue weighted by Crippen LogP contribution is 2.48. The van der Waals surface area contributed by atoms with E-state index in [9.17, 15) is 0 Å². The van der Waals surface area contributed by atoms with Crippen LogP contribution in [-0.4, -0.2) is 50.7 Å². The molecule has 2 heterocycles. The highest BCUT2D eigenvalue weighted by atomic mass is 15.2. The van der Waals surface area contributed by atoms with Gasteiger partial charge in [-0.3, -0.25) is 0 Å². The van der Waals surface area contributed by atoms with Crippen LogP contribution in [0.4, 0.5) is 0 Å². The van der Waals surface area contributed by atoms with E-state index in [4.69, 9.17) is 0 Å². The van der Waals surface area contributed by atoms with Gasteiger partial charge >= 0.3 is 0 Å². The maximum absolute atomic E-state index is 3.46. The first-order valence-electron chi connectivity index (χ1n) is 5.59. The standard InChI is InChI=1S/C10H19N3/c1-3-13(4-2-11-1)7-10-8-5-12-6-9(8)10/h8-12H,1-7H2/t8-,9+,10+. The van der Waals surface area contributed by atoms with Crippen molar-refractivity contribution >= 4 is 0 Å². The van der Waals surface area contributed by atoms with E-state index in [2.05, 4.69) is 15.5 Å². The molecule has 0 unspecified atom stereocenters. The molecule has 0 aromatic rings. The summed E-state index contributed by atoms with van der Waals surface area (Å²) in [6, 6.07) is 0. The topological polar surface area (TPSA) is 27.3 Å². The zero-order chi connectivity index (χ0) is 8.67. The van der Waals surface area contributed by atoms with Crippen molar-refractivity contribution in [1.82, 2.24) is 15.5 Å². The fourth-order valence-corrected chi connectivity index (χ4v) is 3.01. The molecule has 3 nitrogen and oxygen atoms in total. The van der Waals surface area contributed by atoms with Gasteiger partial charge in [0.05, 0.1) is 0 Å². The van der Waals surface area contributed by atoms with Crippen molar-refractivity contribution < 1.29 is 0 Å².